The monoisotopic (exact) mass is 379 g/mol. The van der Waals surface area contributed by atoms with Crippen LogP contribution in [0.1, 0.15) is 39.0 Å². The molecule has 0 unspecified atom stereocenters. The summed E-state index contributed by atoms with van der Waals surface area (Å²) in [4.78, 5) is 17.1. The first-order chi connectivity index (χ1) is 11.5. The molecule has 4 nitrogen and oxygen atoms in total. The molecule has 126 valence electrons. The van der Waals surface area contributed by atoms with Gasteiger partial charge in [0, 0.05) is 5.02 Å². The van der Waals surface area contributed by atoms with Crippen LogP contribution in [0.15, 0.2) is 22.5 Å². The second kappa shape index (κ2) is 7.30. The zero-order valence-electron chi connectivity index (χ0n) is 13.3. The van der Waals surface area contributed by atoms with Gasteiger partial charge in [-0.05, 0) is 38.0 Å². The van der Waals surface area contributed by atoms with Gasteiger partial charge in [-0.3, -0.25) is 4.79 Å². The SMILES string of the molecule is C[C@@H](Sc1nc2cc(Cl)ccc2s1)C(=O)NC1(C#N)CCCCC1. The van der Waals surface area contributed by atoms with E-state index in [4.69, 9.17) is 11.6 Å². The lowest BCUT2D eigenvalue weighted by atomic mass is 9.83. The number of hydrogen-bond donors (Lipinski definition) is 1. The van der Waals surface area contributed by atoms with E-state index in [0.717, 1.165) is 46.7 Å². The van der Waals surface area contributed by atoms with Gasteiger partial charge in [0.25, 0.3) is 0 Å². The lowest BCUT2D eigenvalue weighted by Crippen LogP contribution is -2.50. The lowest BCUT2D eigenvalue weighted by Gasteiger charge is -2.32. The Morgan fingerprint density at radius 1 is 1.46 bits per heavy atom. The second-order valence-corrected chi connectivity index (χ2v) is 9.15. The summed E-state index contributed by atoms with van der Waals surface area (Å²) in [6.07, 6.45) is 4.61. The molecule has 3 rings (SSSR count). The fourth-order valence-corrected chi connectivity index (χ4v) is 5.25. The first kappa shape index (κ1) is 17.5. The van der Waals surface area contributed by atoms with Crippen LogP contribution in [0.5, 0.6) is 0 Å². The molecule has 1 amide bonds. The van der Waals surface area contributed by atoms with Crippen molar-refractivity contribution in [3.8, 4) is 6.07 Å². The molecule has 1 N–H and O–H groups in total. The van der Waals surface area contributed by atoms with E-state index in [2.05, 4.69) is 16.4 Å². The van der Waals surface area contributed by atoms with Crippen LogP contribution >= 0.6 is 34.7 Å². The van der Waals surface area contributed by atoms with E-state index in [-0.39, 0.29) is 11.2 Å². The Labute approximate surface area is 154 Å². The molecule has 1 aliphatic rings. The molecule has 1 aromatic heterocycles. The summed E-state index contributed by atoms with van der Waals surface area (Å²) in [5.74, 6) is -0.0965. The zero-order chi connectivity index (χ0) is 17.2. The highest BCUT2D eigenvalue weighted by Crippen LogP contribution is 2.34. The van der Waals surface area contributed by atoms with E-state index >= 15 is 0 Å². The number of halogens is 1. The van der Waals surface area contributed by atoms with E-state index in [1.807, 2.05) is 25.1 Å². The van der Waals surface area contributed by atoms with Gasteiger partial charge >= 0.3 is 0 Å². The summed E-state index contributed by atoms with van der Waals surface area (Å²) in [5, 5.41) is 12.8. The molecule has 1 saturated carbocycles. The molecule has 1 aromatic carbocycles. The van der Waals surface area contributed by atoms with Crippen LogP contribution in [0, 0.1) is 11.3 Å². The first-order valence-corrected chi connectivity index (χ1v) is 10.0. The van der Waals surface area contributed by atoms with E-state index in [1.54, 1.807) is 11.3 Å². The third kappa shape index (κ3) is 3.85. The molecule has 2 aromatic rings. The number of thioether (sulfide) groups is 1. The van der Waals surface area contributed by atoms with Crippen molar-refractivity contribution >= 4 is 50.8 Å². The first-order valence-electron chi connectivity index (χ1n) is 7.97. The minimum atomic E-state index is -0.689. The number of rotatable bonds is 4. The predicted octanol–water partition coefficient (Wildman–Crippen LogP) is 4.77. The van der Waals surface area contributed by atoms with E-state index in [9.17, 15) is 10.1 Å². The maximum absolute atomic E-state index is 12.5. The number of nitrogens with one attached hydrogen (secondary N) is 1. The number of fused-ring (bicyclic) bond motifs is 1. The maximum Gasteiger partial charge on any atom is 0.234 e. The smallest absolute Gasteiger partial charge is 0.234 e. The van der Waals surface area contributed by atoms with Crippen molar-refractivity contribution in [3.05, 3.63) is 23.2 Å². The molecule has 0 aliphatic heterocycles. The summed E-state index contributed by atoms with van der Waals surface area (Å²) < 4.78 is 1.89. The van der Waals surface area contributed by atoms with E-state index in [1.165, 1.54) is 11.8 Å². The number of nitrogens with zero attached hydrogens (tertiary/aromatic N) is 2. The van der Waals surface area contributed by atoms with Crippen LogP contribution in [-0.4, -0.2) is 21.7 Å². The van der Waals surface area contributed by atoms with Gasteiger partial charge in [0.05, 0.1) is 21.5 Å². The van der Waals surface area contributed by atoms with Crippen LogP contribution in [-0.2, 0) is 4.79 Å². The normalized spacial score (nSPS) is 18.0. The average molecular weight is 380 g/mol. The van der Waals surface area contributed by atoms with Crippen LogP contribution in [0.25, 0.3) is 10.2 Å². The van der Waals surface area contributed by atoms with Crippen LogP contribution in [0.2, 0.25) is 5.02 Å². The summed E-state index contributed by atoms with van der Waals surface area (Å²) in [7, 11) is 0. The molecule has 0 radical (unpaired) electrons. The fraction of sp³-hybridized carbons (Fsp3) is 0.471. The quantitative estimate of drug-likeness (QED) is 0.777. The minimum Gasteiger partial charge on any atom is -0.337 e. The number of aromatic nitrogens is 1. The van der Waals surface area contributed by atoms with Gasteiger partial charge in [-0.2, -0.15) is 5.26 Å². The van der Waals surface area contributed by atoms with Crippen molar-refractivity contribution in [2.24, 2.45) is 0 Å². The largest absolute Gasteiger partial charge is 0.337 e. The number of carbonyl (C=O) groups excluding carboxylic acids is 1. The highest BCUT2D eigenvalue weighted by Gasteiger charge is 2.35. The fourth-order valence-electron chi connectivity index (χ4n) is 2.89. The zero-order valence-corrected chi connectivity index (χ0v) is 15.7. The molecule has 1 fully saturated rings. The third-order valence-electron chi connectivity index (χ3n) is 4.26. The van der Waals surface area contributed by atoms with Gasteiger partial charge in [-0.1, -0.05) is 42.6 Å². The second-order valence-electron chi connectivity index (χ2n) is 6.10. The van der Waals surface area contributed by atoms with Gasteiger partial charge in [0.2, 0.25) is 5.91 Å². The molecule has 0 spiro atoms. The summed E-state index contributed by atoms with van der Waals surface area (Å²) >= 11 is 8.96. The van der Waals surface area contributed by atoms with Crippen LogP contribution < -0.4 is 5.32 Å². The van der Waals surface area contributed by atoms with Gasteiger partial charge in [-0.15, -0.1) is 11.3 Å². The molecule has 7 heteroatoms. The Morgan fingerprint density at radius 2 is 2.21 bits per heavy atom. The van der Waals surface area contributed by atoms with Crippen LogP contribution in [0.4, 0.5) is 0 Å². The van der Waals surface area contributed by atoms with Gasteiger partial charge < -0.3 is 5.32 Å². The lowest BCUT2D eigenvalue weighted by molar-refractivity contribution is -0.121. The van der Waals surface area contributed by atoms with Gasteiger partial charge in [-0.25, -0.2) is 4.98 Å². The highest BCUT2D eigenvalue weighted by molar-refractivity contribution is 8.02. The third-order valence-corrected chi connectivity index (χ3v) is 6.73. The van der Waals surface area contributed by atoms with Crippen molar-refractivity contribution in [2.75, 3.05) is 0 Å². The van der Waals surface area contributed by atoms with E-state index < -0.39 is 5.54 Å². The molecule has 1 heterocycles. The van der Waals surface area contributed by atoms with Gasteiger partial charge in [0.15, 0.2) is 4.34 Å². The highest BCUT2D eigenvalue weighted by atomic mass is 35.5. The Bertz CT molecular complexity index is 793. The molecular formula is C17H18ClN3OS2. The topological polar surface area (TPSA) is 65.8 Å². The average Bonchev–Trinajstić information content (AvgIpc) is 2.96. The van der Waals surface area contributed by atoms with Crippen molar-refractivity contribution in [1.82, 2.24) is 10.3 Å². The number of hydrogen-bond acceptors (Lipinski definition) is 5. The van der Waals surface area contributed by atoms with Crippen molar-refractivity contribution in [3.63, 3.8) is 0 Å². The number of thiazole rings is 1. The van der Waals surface area contributed by atoms with Crippen molar-refractivity contribution in [2.45, 2.75) is 54.2 Å². The Hall–Kier alpha value is -1.29. The Morgan fingerprint density at radius 3 is 2.92 bits per heavy atom. The Kier molecular flexibility index (Phi) is 5.33. The number of amides is 1. The van der Waals surface area contributed by atoms with E-state index in [0.29, 0.717) is 5.02 Å². The predicted molar refractivity (Wildman–Crippen MR) is 99.5 cm³/mol. The molecule has 0 saturated heterocycles. The summed E-state index contributed by atoms with van der Waals surface area (Å²) in [5.41, 5.74) is 0.161. The molecule has 0 bridgehead atoms. The molecule has 1 atom stereocenters. The summed E-state index contributed by atoms with van der Waals surface area (Å²) in [6.45, 7) is 1.85. The minimum absolute atomic E-state index is 0.0965. The van der Waals surface area contributed by atoms with Crippen LogP contribution in [0.3, 0.4) is 0 Å². The van der Waals surface area contributed by atoms with Crippen molar-refractivity contribution < 1.29 is 4.79 Å². The number of nitriles is 1. The molecule has 24 heavy (non-hydrogen) atoms. The summed E-state index contributed by atoms with van der Waals surface area (Å²) in [6, 6.07) is 7.94. The molecular weight excluding hydrogens is 362 g/mol. The number of benzene rings is 1. The van der Waals surface area contributed by atoms with Gasteiger partial charge in [0.1, 0.15) is 5.54 Å². The molecule has 1 aliphatic carbocycles. The Balaban J connectivity index is 1.67. The number of carbonyl (C=O) groups is 1. The van der Waals surface area contributed by atoms with Crippen molar-refractivity contribution in [1.29, 1.82) is 5.26 Å². The standard InChI is InChI=1S/C17H18ClN3OS2/c1-11(15(22)21-17(10-19)7-3-2-4-8-17)23-16-20-13-9-12(18)5-6-14(13)24-16/h5-6,9,11H,2-4,7-8H2,1H3,(H,21,22)/t11-/m1/s1. The maximum atomic E-state index is 12.5.